The van der Waals surface area contributed by atoms with Gasteiger partial charge in [-0.2, -0.15) is 0 Å². The van der Waals surface area contributed by atoms with E-state index >= 15 is 0 Å². The summed E-state index contributed by atoms with van der Waals surface area (Å²) in [6.07, 6.45) is 6.34. The van der Waals surface area contributed by atoms with Crippen LogP contribution in [0, 0.1) is 0 Å². The minimum absolute atomic E-state index is 0.338. The van der Waals surface area contributed by atoms with Gasteiger partial charge in [0.1, 0.15) is 0 Å². The lowest BCUT2D eigenvalue weighted by Gasteiger charge is -2.36. The molecule has 1 rings (SSSR count). The van der Waals surface area contributed by atoms with Gasteiger partial charge in [-0.3, -0.25) is 0 Å². The van der Waals surface area contributed by atoms with Crippen LogP contribution >= 0.6 is 0 Å². The van der Waals surface area contributed by atoms with E-state index in [9.17, 15) is 0 Å². The largest absolute Gasteiger partial charge is 0.310 e. The van der Waals surface area contributed by atoms with Crippen LogP contribution in [0.25, 0.3) is 0 Å². The zero-order valence-electron chi connectivity index (χ0n) is 10.9. The van der Waals surface area contributed by atoms with Crippen molar-refractivity contribution in [1.82, 2.24) is 10.6 Å². The van der Waals surface area contributed by atoms with E-state index in [4.69, 9.17) is 0 Å². The first kappa shape index (κ1) is 13.0. The smallest absolute Gasteiger partial charge is 0.0278 e. The molecule has 0 aromatic rings. The summed E-state index contributed by atoms with van der Waals surface area (Å²) in [4.78, 5) is 0. The third-order valence-electron chi connectivity index (χ3n) is 4.34. The summed E-state index contributed by atoms with van der Waals surface area (Å²) in [5.41, 5.74) is 0.706. The Kier molecular flexibility index (Phi) is 4.60. The van der Waals surface area contributed by atoms with Crippen molar-refractivity contribution in [3.63, 3.8) is 0 Å². The molecule has 0 amide bonds. The molecule has 0 aromatic carbocycles. The maximum Gasteiger partial charge on any atom is 0.0278 e. The molecule has 2 N–H and O–H groups in total. The highest BCUT2D eigenvalue weighted by Gasteiger charge is 2.31. The maximum atomic E-state index is 3.80. The Morgan fingerprint density at radius 2 is 1.80 bits per heavy atom. The normalized spacial score (nSPS) is 27.2. The van der Waals surface area contributed by atoms with Crippen LogP contribution in [-0.2, 0) is 0 Å². The second-order valence-corrected chi connectivity index (χ2v) is 5.29. The standard InChI is InChI=1S/C13H28N2/c1-5-13(6-2,7-3)15-11-12(4)9-8-10-14-12/h14-15H,5-11H2,1-4H3. The van der Waals surface area contributed by atoms with Crippen molar-refractivity contribution in [3.05, 3.63) is 0 Å². The molecule has 1 heterocycles. The first-order valence-electron chi connectivity index (χ1n) is 6.60. The molecule has 1 fully saturated rings. The van der Waals surface area contributed by atoms with E-state index in [0.717, 1.165) is 6.54 Å². The second-order valence-electron chi connectivity index (χ2n) is 5.29. The van der Waals surface area contributed by atoms with Gasteiger partial charge in [0, 0.05) is 17.6 Å². The number of hydrogen-bond donors (Lipinski definition) is 2. The Morgan fingerprint density at radius 1 is 1.20 bits per heavy atom. The van der Waals surface area contributed by atoms with Gasteiger partial charge in [-0.1, -0.05) is 20.8 Å². The summed E-state index contributed by atoms with van der Waals surface area (Å²) in [5.74, 6) is 0. The van der Waals surface area contributed by atoms with Crippen molar-refractivity contribution in [3.8, 4) is 0 Å². The summed E-state index contributed by atoms with van der Waals surface area (Å²) in [5, 5.41) is 7.42. The Bertz CT molecular complexity index is 171. The van der Waals surface area contributed by atoms with E-state index in [-0.39, 0.29) is 0 Å². The van der Waals surface area contributed by atoms with Crippen molar-refractivity contribution < 1.29 is 0 Å². The summed E-state index contributed by atoms with van der Waals surface area (Å²) in [7, 11) is 0. The number of hydrogen-bond acceptors (Lipinski definition) is 2. The van der Waals surface area contributed by atoms with Crippen molar-refractivity contribution in [2.75, 3.05) is 13.1 Å². The van der Waals surface area contributed by atoms with Gasteiger partial charge in [-0.05, 0) is 45.6 Å². The molecule has 1 aliphatic rings. The Balaban J connectivity index is 2.45. The summed E-state index contributed by atoms with van der Waals surface area (Å²) < 4.78 is 0. The highest BCUT2D eigenvalue weighted by Crippen LogP contribution is 2.23. The number of nitrogens with one attached hydrogen (secondary N) is 2. The van der Waals surface area contributed by atoms with Crippen LogP contribution in [0.15, 0.2) is 0 Å². The minimum atomic E-state index is 0.338. The molecule has 0 saturated carbocycles. The van der Waals surface area contributed by atoms with Crippen molar-refractivity contribution in [1.29, 1.82) is 0 Å². The van der Waals surface area contributed by atoms with Crippen LogP contribution in [0.1, 0.15) is 59.8 Å². The van der Waals surface area contributed by atoms with Gasteiger partial charge in [0.2, 0.25) is 0 Å². The summed E-state index contributed by atoms with van der Waals surface area (Å²) in [6, 6.07) is 0. The number of rotatable bonds is 6. The van der Waals surface area contributed by atoms with Crippen LogP contribution in [0.3, 0.4) is 0 Å². The fourth-order valence-electron chi connectivity index (χ4n) is 2.62. The van der Waals surface area contributed by atoms with Crippen LogP contribution in [0.4, 0.5) is 0 Å². The topological polar surface area (TPSA) is 24.1 Å². The molecule has 1 saturated heterocycles. The van der Waals surface area contributed by atoms with Gasteiger partial charge < -0.3 is 10.6 Å². The van der Waals surface area contributed by atoms with Crippen molar-refractivity contribution >= 4 is 0 Å². The van der Waals surface area contributed by atoms with Gasteiger partial charge in [0.05, 0.1) is 0 Å². The van der Waals surface area contributed by atoms with E-state index < -0.39 is 0 Å². The highest BCUT2D eigenvalue weighted by molar-refractivity contribution is 4.94. The molecule has 0 aromatic heterocycles. The van der Waals surface area contributed by atoms with Crippen LogP contribution in [-0.4, -0.2) is 24.2 Å². The Labute approximate surface area is 95.2 Å². The second kappa shape index (κ2) is 5.31. The van der Waals surface area contributed by atoms with Crippen LogP contribution < -0.4 is 10.6 Å². The molecule has 90 valence electrons. The van der Waals surface area contributed by atoms with E-state index in [0.29, 0.717) is 11.1 Å². The first-order chi connectivity index (χ1) is 7.10. The van der Waals surface area contributed by atoms with Crippen LogP contribution in [0.5, 0.6) is 0 Å². The maximum absolute atomic E-state index is 3.80. The van der Waals surface area contributed by atoms with E-state index in [1.54, 1.807) is 0 Å². The average Bonchev–Trinajstić information content (AvgIpc) is 2.69. The predicted octanol–water partition coefficient (Wildman–Crippen LogP) is 2.69. The monoisotopic (exact) mass is 212 g/mol. The van der Waals surface area contributed by atoms with Gasteiger partial charge >= 0.3 is 0 Å². The minimum Gasteiger partial charge on any atom is -0.310 e. The van der Waals surface area contributed by atoms with Gasteiger partial charge in [0.15, 0.2) is 0 Å². The van der Waals surface area contributed by atoms with Gasteiger partial charge in [0.25, 0.3) is 0 Å². The molecule has 1 aliphatic heterocycles. The van der Waals surface area contributed by atoms with E-state index in [1.165, 1.54) is 38.6 Å². The fourth-order valence-corrected chi connectivity index (χ4v) is 2.62. The molecule has 2 nitrogen and oxygen atoms in total. The molecule has 0 bridgehead atoms. The lowest BCUT2D eigenvalue weighted by Crippen LogP contribution is -2.53. The van der Waals surface area contributed by atoms with Gasteiger partial charge in [-0.15, -0.1) is 0 Å². The van der Waals surface area contributed by atoms with Crippen LogP contribution in [0.2, 0.25) is 0 Å². The summed E-state index contributed by atoms with van der Waals surface area (Å²) in [6.45, 7) is 11.5. The Hall–Kier alpha value is -0.0800. The van der Waals surface area contributed by atoms with Crippen molar-refractivity contribution in [2.45, 2.75) is 70.9 Å². The molecule has 1 atom stereocenters. The summed E-state index contributed by atoms with van der Waals surface area (Å²) >= 11 is 0. The average molecular weight is 212 g/mol. The quantitative estimate of drug-likeness (QED) is 0.707. The third kappa shape index (κ3) is 3.18. The first-order valence-corrected chi connectivity index (χ1v) is 6.60. The zero-order valence-corrected chi connectivity index (χ0v) is 10.9. The molecular weight excluding hydrogens is 184 g/mol. The molecular formula is C13H28N2. The molecule has 0 radical (unpaired) electrons. The predicted molar refractivity (Wildman–Crippen MR) is 67.2 cm³/mol. The van der Waals surface area contributed by atoms with Crippen molar-refractivity contribution in [2.24, 2.45) is 0 Å². The Morgan fingerprint density at radius 3 is 2.20 bits per heavy atom. The van der Waals surface area contributed by atoms with E-state index in [1.807, 2.05) is 0 Å². The molecule has 0 aliphatic carbocycles. The molecule has 15 heavy (non-hydrogen) atoms. The molecule has 0 spiro atoms. The van der Waals surface area contributed by atoms with E-state index in [2.05, 4.69) is 38.3 Å². The molecule has 1 unspecified atom stereocenters. The lowest BCUT2D eigenvalue weighted by atomic mass is 9.88. The zero-order chi connectivity index (χ0) is 11.4. The highest BCUT2D eigenvalue weighted by atomic mass is 15.1. The molecule has 2 heteroatoms. The lowest BCUT2D eigenvalue weighted by molar-refractivity contribution is 0.251. The van der Waals surface area contributed by atoms with Gasteiger partial charge in [-0.25, -0.2) is 0 Å². The fraction of sp³-hybridized carbons (Fsp3) is 1.00. The third-order valence-corrected chi connectivity index (χ3v) is 4.34. The SMILES string of the molecule is CCC(CC)(CC)NCC1(C)CCCN1.